The second-order valence-corrected chi connectivity index (χ2v) is 2.10. The van der Waals surface area contributed by atoms with Crippen LogP contribution in [-0.2, 0) is 21.7 Å². The van der Waals surface area contributed by atoms with Gasteiger partial charge in [-0.1, -0.05) is 0 Å². The molecule has 0 saturated heterocycles. The zero-order valence-corrected chi connectivity index (χ0v) is 8.03. The fourth-order valence-electron chi connectivity index (χ4n) is 0.340. The van der Waals surface area contributed by atoms with Gasteiger partial charge in [-0.15, -0.1) is 6.42 Å². The molecular formula is C8H13OTi-. The molecule has 0 atom stereocenters. The third kappa shape index (κ3) is 15.7. The molecule has 0 unspecified atom stereocenters. The Morgan fingerprint density at radius 3 is 2.10 bits per heavy atom. The molecule has 1 N–H and O–H groups in total. The summed E-state index contributed by atoms with van der Waals surface area (Å²) in [4.78, 5) is 0. The van der Waals surface area contributed by atoms with Crippen molar-refractivity contribution in [2.24, 2.45) is 0 Å². The molecule has 1 aliphatic carbocycles. The Bertz CT molecular complexity index is 93.1. The second-order valence-electron chi connectivity index (χ2n) is 2.10. The van der Waals surface area contributed by atoms with Gasteiger partial charge in [0.2, 0.25) is 0 Å². The predicted octanol–water partition coefficient (Wildman–Crippen LogP) is 1.69. The molecular weight excluding hydrogens is 160 g/mol. The van der Waals surface area contributed by atoms with Crippen LogP contribution in [0.3, 0.4) is 0 Å². The molecule has 2 heteroatoms. The second kappa shape index (κ2) is 9.15. The minimum atomic E-state index is -0.167. The van der Waals surface area contributed by atoms with E-state index >= 15 is 0 Å². The molecule has 0 amide bonds. The fraction of sp³-hybridized carbons (Fsp3) is 0.500. The van der Waals surface area contributed by atoms with Crippen molar-refractivity contribution in [3.8, 4) is 0 Å². The number of aliphatic hydroxyl groups is 1. The summed E-state index contributed by atoms with van der Waals surface area (Å²) in [6.45, 7) is 3.44. The van der Waals surface area contributed by atoms with Gasteiger partial charge in [-0.3, -0.25) is 6.08 Å². The van der Waals surface area contributed by atoms with Crippen LogP contribution in [-0.4, -0.2) is 11.2 Å². The molecule has 0 fully saturated rings. The number of aliphatic hydroxyl groups excluding tert-OH is 1. The smallest absolute Gasteiger partial charge is 0.0483 e. The quantitative estimate of drug-likeness (QED) is 0.436. The van der Waals surface area contributed by atoms with Crippen molar-refractivity contribution in [3.63, 3.8) is 0 Å². The van der Waals surface area contributed by atoms with Gasteiger partial charge in [-0.2, -0.15) is 6.08 Å². The van der Waals surface area contributed by atoms with Crippen LogP contribution in [0.2, 0.25) is 0 Å². The number of hydrogen-bond acceptors (Lipinski definition) is 1. The molecule has 0 aromatic rings. The molecule has 56 valence electrons. The molecule has 0 spiro atoms. The maximum atomic E-state index is 8.06. The van der Waals surface area contributed by atoms with E-state index in [9.17, 15) is 0 Å². The number of rotatable bonds is 0. The molecule has 1 rings (SSSR count). The first kappa shape index (κ1) is 12.8. The van der Waals surface area contributed by atoms with Crippen molar-refractivity contribution in [2.75, 3.05) is 0 Å². The minimum absolute atomic E-state index is 0. The van der Waals surface area contributed by atoms with E-state index in [2.05, 4.69) is 12.2 Å². The van der Waals surface area contributed by atoms with Crippen LogP contribution < -0.4 is 0 Å². The zero-order chi connectivity index (χ0) is 7.11. The summed E-state index contributed by atoms with van der Waals surface area (Å²) in [5.74, 6) is 0. The maximum Gasteiger partial charge on any atom is 0.0483 e. The van der Waals surface area contributed by atoms with Crippen molar-refractivity contribution in [3.05, 3.63) is 24.3 Å². The van der Waals surface area contributed by atoms with Gasteiger partial charge < -0.3 is 5.11 Å². The van der Waals surface area contributed by atoms with Crippen LogP contribution in [0.5, 0.6) is 0 Å². The number of allylic oxidation sites excluding steroid dienone is 4. The number of hydrogen-bond donors (Lipinski definition) is 1. The Morgan fingerprint density at radius 2 is 2.00 bits per heavy atom. The molecule has 0 heterocycles. The van der Waals surface area contributed by atoms with E-state index in [4.69, 9.17) is 5.11 Å². The first-order valence-corrected chi connectivity index (χ1v) is 3.13. The average Bonchev–Trinajstić information content (AvgIpc) is 2.11. The Morgan fingerprint density at radius 1 is 1.50 bits per heavy atom. The van der Waals surface area contributed by atoms with Crippen LogP contribution in [0.15, 0.2) is 18.2 Å². The molecule has 0 radical (unpaired) electrons. The van der Waals surface area contributed by atoms with Gasteiger partial charge in [-0.25, -0.2) is 12.2 Å². The molecule has 0 aromatic heterocycles. The van der Waals surface area contributed by atoms with Crippen molar-refractivity contribution < 1.29 is 26.8 Å². The third-order valence-electron chi connectivity index (χ3n) is 0.586. The van der Waals surface area contributed by atoms with Crippen LogP contribution in [0, 0.1) is 6.08 Å². The molecule has 0 aromatic carbocycles. The fourth-order valence-corrected chi connectivity index (χ4v) is 0.340. The van der Waals surface area contributed by atoms with Crippen molar-refractivity contribution >= 4 is 0 Å². The topological polar surface area (TPSA) is 20.2 Å². The van der Waals surface area contributed by atoms with E-state index < -0.39 is 0 Å². The molecule has 1 nitrogen and oxygen atoms in total. The zero-order valence-electron chi connectivity index (χ0n) is 6.46. The molecule has 1 aliphatic rings. The van der Waals surface area contributed by atoms with E-state index in [-0.39, 0.29) is 27.8 Å². The largest absolute Gasteiger partial charge is 0.394 e. The summed E-state index contributed by atoms with van der Waals surface area (Å²) in [7, 11) is 0. The van der Waals surface area contributed by atoms with E-state index in [1.807, 2.05) is 12.2 Å². The summed E-state index contributed by atoms with van der Waals surface area (Å²) in [5.41, 5.74) is 0. The Hall–Kier alpha value is 0.154. The van der Waals surface area contributed by atoms with Crippen molar-refractivity contribution in [1.29, 1.82) is 0 Å². The summed E-state index contributed by atoms with van der Waals surface area (Å²) < 4.78 is 0. The van der Waals surface area contributed by atoms with E-state index in [1.54, 1.807) is 13.8 Å². The van der Waals surface area contributed by atoms with Gasteiger partial charge in [0.15, 0.2) is 0 Å². The summed E-state index contributed by atoms with van der Waals surface area (Å²) >= 11 is 0. The van der Waals surface area contributed by atoms with Crippen LogP contribution >= 0.6 is 0 Å². The SMILES string of the molecule is CC(C)O.[C-]1=CC=CC1.[Ti]. The monoisotopic (exact) mass is 173 g/mol. The minimum Gasteiger partial charge on any atom is -0.394 e. The van der Waals surface area contributed by atoms with Gasteiger partial charge in [0.1, 0.15) is 0 Å². The van der Waals surface area contributed by atoms with E-state index in [0.717, 1.165) is 6.42 Å². The summed E-state index contributed by atoms with van der Waals surface area (Å²) in [5, 5.41) is 8.06. The van der Waals surface area contributed by atoms with Crippen LogP contribution in [0.4, 0.5) is 0 Å². The first-order chi connectivity index (χ1) is 4.23. The third-order valence-corrected chi connectivity index (χ3v) is 0.586. The van der Waals surface area contributed by atoms with E-state index in [1.165, 1.54) is 0 Å². The van der Waals surface area contributed by atoms with Gasteiger partial charge in [-0.05, 0) is 13.8 Å². The van der Waals surface area contributed by atoms with Crippen LogP contribution in [0.1, 0.15) is 20.3 Å². The predicted molar refractivity (Wildman–Crippen MR) is 38.9 cm³/mol. The first-order valence-electron chi connectivity index (χ1n) is 3.13. The Labute approximate surface area is 77.7 Å². The van der Waals surface area contributed by atoms with Gasteiger partial charge in [0, 0.05) is 27.8 Å². The molecule has 0 aliphatic heterocycles. The van der Waals surface area contributed by atoms with Crippen molar-refractivity contribution in [1.82, 2.24) is 0 Å². The molecule has 10 heavy (non-hydrogen) atoms. The maximum absolute atomic E-state index is 8.06. The standard InChI is InChI=1S/C5H5.C3H8O.Ti/c1-2-4-5-3-1;1-3(2)4;/h1-3H,4H2;3-4H,1-2H3;/q-1;;. The van der Waals surface area contributed by atoms with E-state index in [0.29, 0.717) is 0 Å². The normalized spacial score (nSPS) is 12.4. The molecule has 0 bridgehead atoms. The summed E-state index contributed by atoms with van der Waals surface area (Å²) in [6, 6.07) is 0. The van der Waals surface area contributed by atoms with Gasteiger partial charge in [0.25, 0.3) is 0 Å². The average molecular weight is 173 g/mol. The van der Waals surface area contributed by atoms with Crippen LogP contribution in [0.25, 0.3) is 0 Å². The Kier molecular flexibility index (Phi) is 11.7. The molecule has 0 saturated carbocycles. The van der Waals surface area contributed by atoms with Gasteiger partial charge in [0.05, 0.1) is 0 Å². The van der Waals surface area contributed by atoms with Gasteiger partial charge >= 0.3 is 0 Å². The Balaban J connectivity index is 0. The van der Waals surface area contributed by atoms with Crippen molar-refractivity contribution in [2.45, 2.75) is 26.4 Å². The summed E-state index contributed by atoms with van der Waals surface area (Å²) in [6.07, 6.45) is 9.83.